The summed E-state index contributed by atoms with van der Waals surface area (Å²) in [6, 6.07) is 20.7. The molecule has 0 saturated carbocycles. The van der Waals surface area contributed by atoms with Gasteiger partial charge in [-0.25, -0.2) is 8.78 Å². The van der Waals surface area contributed by atoms with Gasteiger partial charge in [-0.1, -0.05) is 36.4 Å². The van der Waals surface area contributed by atoms with Crippen molar-refractivity contribution in [2.75, 3.05) is 0 Å². The molecule has 4 rings (SSSR count). The Morgan fingerprint density at radius 1 is 0.778 bits per heavy atom. The molecule has 27 heavy (non-hydrogen) atoms. The van der Waals surface area contributed by atoms with Gasteiger partial charge in [0.05, 0.1) is 11.4 Å². The number of para-hydroxylation sites is 1. The maximum Gasteiger partial charge on any atom is 0.174 e. The Bertz CT molecular complexity index is 1100. The average Bonchev–Trinajstić information content (AvgIpc) is 2.70. The summed E-state index contributed by atoms with van der Waals surface area (Å²) in [5.74, 6) is -1.64. The smallest absolute Gasteiger partial charge is 0.174 e. The first kappa shape index (κ1) is 17.0. The van der Waals surface area contributed by atoms with Gasteiger partial charge >= 0.3 is 0 Å². The Balaban J connectivity index is 1.91. The number of hydrogen-bond donors (Lipinski definition) is 0. The highest BCUT2D eigenvalue weighted by molar-refractivity contribution is 6.05. The SMILES string of the molecule is O=C(c1ccc(F)cc1)C(c1ccc(F)cc1)c1cccc2cccnc12. The summed E-state index contributed by atoms with van der Waals surface area (Å²) in [4.78, 5) is 17.8. The second-order valence-corrected chi connectivity index (χ2v) is 6.28. The number of benzene rings is 3. The molecule has 1 heterocycles. The fourth-order valence-corrected chi connectivity index (χ4v) is 3.27. The number of aromatic nitrogens is 1. The first-order chi connectivity index (χ1) is 13.1. The van der Waals surface area contributed by atoms with Crippen LogP contribution in [-0.2, 0) is 0 Å². The minimum absolute atomic E-state index is 0.195. The van der Waals surface area contributed by atoms with Crippen molar-refractivity contribution in [3.63, 3.8) is 0 Å². The molecule has 0 N–H and O–H groups in total. The molecule has 0 fully saturated rings. The highest BCUT2D eigenvalue weighted by atomic mass is 19.1. The first-order valence-corrected chi connectivity index (χ1v) is 8.52. The number of carbonyl (C=O) groups excluding carboxylic acids is 1. The van der Waals surface area contributed by atoms with E-state index in [1.165, 1.54) is 36.4 Å². The molecule has 132 valence electrons. The zero-order chi connectivity index (χ0) is 18.8. The predicted molar refractivity (Wildman–Crippen MR) is 101 cm³/mol. The molecule has 0 aliphatic heterocycles. The third-order valence-electron chi connectivity index (χ3n) is 4.57. The summed E-state index contributed by atoms with van der Waals surface area (Å²) < 4.78 is 26.7. The van der Waals surface area contributed by atoms with Crippen LogP contribution in [-0.4, -0.2) is 10.8 Å². The summed E-state index contributed by atoms with van der Waals surface area (Å²) in [5.41, 5.74) is 2.49. The summed E-state index contributed by atoms with van der Waals surface area (Å²) in [6.45, 7) is 0. The minimum atomic E-state index is -0.672. The number of fused-ring (bicyclic) bond motifs is 1. The fourth-order valence-electron chi connectivity index (χ4n) is 3.27. The van der Waals surface area contributed by atoms with Gasteiger partial charge in [0.1, 0.15) is 11.6 Å². The van der Waals surface area contributed by atoms with Crippen molar-refractivity contribution in [2.45, 2.75) is 5.92 Å². The van der Waals surface area contributed by atoms with Gasteiger partial charge < -0.3 is 0 Å². The molecule has 0 bridgehead atoms. The van der Waals surface area contributed by atoms with E-state index in [9.17, 15) is 13.6 Å². The largest absolute Gasteiger partial charge is 0.293 e. The van der Waals surface area contributed by atoms with Crippen LogP contribution in [0.1, 0.15) is 27.4 Å². The van der Waals surface area contributed by atoms with E-state index in [0.29, 0.717) is 16.6 Å². The van der Waals surface area contributed by atoms with E-state index in [1.54, 1.807) is 18.3 Å². The molecule has 1 aromatic heterocycles. The van der Waals surface area contributed by atoms with Crippen molar-refractivity contribution in [1.82, 2.24) is 4.98 Å². The topological polar surface area (TPSA) is 30.0 Å². The normalized spacial score (nSPS) is 12.1. The number of carbonyl (C=O) groups is 1. The van der Waals surface area contributed by atoms with E-state index in [2.05, 4.69) is 4.98 Å². The van der Waals surface area contributed by atoms with Crippen LogP contribution in [0.2, 0.25) is 0 Å². The monoisotopic (exact) mass is 359 g/mol. The molecule has 0 spiro atoms. The lowest BCUT2D eigenvalue weighted by atomic mass is 9.83. The van der Waals surface area contributed by atoms with Gasteiger partial charge in [-0.15, -0.1) is 0 Å². The number of Topliss-reactive ketones (excluding diaryl/α,β-unsaturated/α-hetero) is 1. The zero-order valence-electron chi connectivity index (χ0n) is 14.3. The van der Waals surface area contributed by atoms with Gasteiger partial charge in [-0.05, 0) is 53.6 Å². The van der Waals surface area contributed by atoms with Crippen LogP contribution in [0.15, 0.2) is 85.1 Å². The number of nitrogens with zero attached hydrogens (tertiary/aromatic N) is 1. The van der Waals surface area contributed by atoms with Gasteiger partial charge in [0.25, 0.3) is 0 Å². The molecule has 1 atom stereocenters. The van der Waals surface area contributed by atoms with E-state index in [4.69, 9.17) is 0 Å². The van der Waals surface area contributed by atoms with Crippen LogP contribution < -0.4 is 0 Å². The summed E-state index contributed by atoms with van der Waals surface area (Å²) >= 11 is 0. The van der Waals surface area contributed by atoms with E-state index < -0.39 is 11.7 Å². The Hall–Kier alpha value is -3.40. The van der Waals surface area contributed by atoms with E-state index >= 15 is 0 Å². The van der Waals surface area contributed by atoms with Crippen molar-refractivity contribution in [3.05, 3.63) is 113 Å². The van der Waals surface area contributed by atoms with Crippen LogP contribution in [0.25, 0.3) is 10.9 Å². The van der Waals surface area contributed by atoms with Gasteiger partial charge in [0.2, 0.25) is 0 Å². The Labute approximate surface area is 155 Å². The molecule has 4 heteroatoms. The highest BCUT2D eigenvalue weighted by Crippen LogP contribution is 2.33. The molecule has 0 aliphatic carbocycles. The van der Waals surface area contributed by atoms with E-state index in [1.807, 2.05) is 30.3 Å². The van der Waals surface area contributed by atoms with Crippen molar-refractivity contribution in [3.8, 4) is 0 Å². The Morgan fingerprint density at radius 3 is 2.11 bits per heavy atom. The maximum absolute atomic E-state index is 13.4. The molecular formula is C23H15F2NO. The quantitative estimate of drug-likeness (QED) is 0.449. The predicted octanol–water partition coefficient (Wildman–Crippen LogP) is 5.53. The first-order valence-electron chi connectivity index (χ1n) is 8.52. The highest BCUT2D eigenvalue weighted by Gasteiger charge is 2.26. The number of hydrogen-bond acceptors (Lipinski definition) is 2. The molecule has 2 nitrogen and oxygen atoms in total. The van der Waals surface area contributed by atoms with Crippen molar-refractivity contribution < 1.29 is 13.6 Å². The minimum Gasteiger partial charge on any atom is -0.293 e. The van der Waals surface area contributed by atoms with E-state index in [0.717, 1.165) is 10.9 Å². The van der Waals surface area contributed by atoms with Crippen molar-refractivity contribution in [2.24, 2.45) is 0 Å². The van der Waals surface area contributed by atoms with Gasteiger partial charge in [-0.2, -0.15) is 0 Å². The average molecular weight is 359 g/mol. The van der Waals surface area contributed by atoms with Gasteiger partial charge in [-0.3, -0.25) is 9.78 Å². The third kappa shape index (κ3) is 3.34. The number of ketones is 1. The lowest BCUT2D eigenvalue weighted by molar-refractivity contribution is 0.0974. The summed E-state index contributed by atoms with van der Waals surface area (Å²) in [7, 11) is 0. The molecule has 0 radical (unpaired) electrons. The molecule has 4 aromatic rings. The van der Waals surface area contributed by atoms with Crippen LogP contribution in [0.4, 0.5) is 8.78 Å². The van der Waals surface area contributed by atoms with Crippen LogP contribution >= 0.6 is 0 Å². The maximum atomic E-state index is 13.4. The summed E-state index contributed by atoms with van der Waals surface area (Å²) in [6.07, 6.45) is 1.68. The lowest BCUT2D eigenvalue weighted by Crippen LogP contribution is -2.15. The molecule has 1 unspecified atom stereocenters. The fraction of sp³-hybridized carbons (Fsp3) is 0.0435. The molecule has 3 aromatic carbocycles. The molecule has 0 aliphatic rings. The van der Waals surface area contributed by atoms with Crippen LogP contribution in [0, 0.1) is 11.6 Å². The zero-order valence-corrected chi connectivity index (χ0v) is 14.3. The third-order valence-corrected chi connectivity index (χ3v) is 4.57. The standard InChI is InChI=1S/C23H15F2NO/c24-18-10-6-15(7-11-18)21(23(27)17-8-12-19(25)13-9-17)20-5-1-3-16-4-2-14-26-22(16)20/h1-14,21H. The second-order valence-electron chi connectivity index (χ2n) is 6.28. The molecular weight excluding hydrogens is 344 g/mol. The second kappa shape index (κ2) is 7.08. The van der Waals surface area contributed by atoms with Gasteiger partial charge in [0, 0.05) is 17.1 Å². The van der Waals surface area contributed by atoms with Crippen LogP contribution in [0.5, 0.6) is 0 Å². The Morgan fingerprint density at radius 2 is 1.41 bits per heavy atom. The Kier molecular flexibility index (Phi) is 4.47. The van der Waals surface area contributed by atoms with E-state index in [-0.39, 0.29) is 11.6 Å². The summed E-state index contributed by atoms with van der Waals surface area (Å²) in [5, 5.41) is 0.911. The molecule has 0 saturated heterocycles. The number of halogens is 2. The number of rotatable bonds is 4. The van der Waals surface area contributed by atoms with Crippen molar-refractivity contribution in [1.29, 1.82) is 0 Å². The van der Waals surface area contributed by atoms with Gasteiger partial charge in [0.15, 0.2) is 5.78 Å². The van der Waals surface area contributed by atoms with Crippen molar-refractivity contribution >= 4 is 16.7 Å². The lowest BCUT2D eigenvalue weighted by Gasteiger charge is -2.19. The van der Waals surface area contributed by atoms with Crippen LogP contribution in [0.3, 0.4) is 0 Å². The number of pyridine rings is 1. The molecule has 0 amide bonds.